The summed E-state index contributed by atoms with van der Waals surface area (Å²) in [5.74, 6) is -0.713. The van der Waals surface area contributed by atoms with Gasteiger partial charge in [-0.1, -0.05) is 0 Å². The van der Waals surface area contributed by atoms with Gasteiger partial charge in [-0.25, -0.2) is 0 Å². The third kappa shape index (κ3) is 2.37. The summed E-state index contributed by atoms with van der Waals surface area (Å²) in [4.78, 5) is 10.6. The van der Waals surface area contributed by atoms with Crippen molar-refractivity contribution in [2.75, 3.05) is 13.2 Å². The molecule has 1 fully saturated rings. The van der Waals surface area contributed by atoms with Crippen molar-refractivity contribution >= 4 is 5.91 Å². The summed E-state index contributed by atoms with van der Waals surface area (Å²) in [6.07, 6.45) is -4.58. The fraction of sp³-hybridized carbons (Fsp3) is 0.833. The van der Waals surface area contributed by atoms with Crippen LogP contribution in [-0.2, 0) is 9.53 Å². The Balaban J connectivity index is 2.58. The van der Waals surface area contributed by atoms with Crippen LogP contribution < -0.4 is 5.32 Å². The summed E-state index contributed by atoms with van der Waals surface area (Å²) in [7, 11) is 0. The molecule has 1 atom stereocenters. The lowest BCUT2D eigenvalue weighted by Crippen LogP contribution is -2.44. The van der Waals surface area contributed by atoms with Crippen molar-refractivity contribution in [3.05, 3.63) is 0 Å². The molecule has 1 N–H and O–H groups in total. The van der Waals surface area contributed by atoms with Gasteiger partial charge in [-0.15, -0.1) is 0 Å². The lowest BCUT2D eigenvalue weighted by molar-refractivity contribution is -0.161. The maximum absolute atomic E-state index is 12.0. The number of hydrogen-bond donors (Lipinski definition) is 1. The number of amides is 1. The van der Waals surface area contributed by atoms with Crippen LogP contribution in [0.25, 0.3) is 0 Å². The Morgan fingerprint density at radius 1 is 1.50 bits per heavy atom. The summed E-state index contributed by atoms with van der Waals surface area (Å²) < 4.78 is 40.7. The van der Waals surface area contributed by atoms with Crippen molar-refractivity contribution in [3.63, 3.8) is 0 Å². The van der Waals surface area contributed by atoms with Crippen LogP contribution in [0.2, 0.25) is 0 Å². The maximum atomic E-state index is 12.0. The quantitative estimate of drug-likeness (QED) is 0.592. The lowest BCUT2D eigenvalue weighted by atomic mass is 10.2. The Morgan fingerprint density at radius 2 is 2.17 bits per heavy atom. The molecule has 0 bridgehead atoms. The van der Waals surface area contributed by atoms with Gasteiger partial charge < -0.3 is 10.1 Å². The standard InChI is InChI=1S/C6H8F3NO2/c7-6(8,9)4-1-2-12-3-5(11)10-4/h4H,1-3H2,(H,10,11). The highest BCUT2D eigenvalue weighted by Gasteiger charge is 2.41. The van der Waals surface area contributed by atoms with Crippen LogP contribution in [0, 0.1) is 0 Å². The number of ether oxygens (including phenoxy) is 1. The minimum Gasteiger partial charge on any atom is -0.372 e. The van der Waals surface area contributed by atoms with Gasteiger partial charge in [-0.05, 0) is 6.42 Å². The summed E-state index contributed by atoms with van der Waals surface area (Å²) in [6, 6.07) is -1.76. The Morgan fingerprint density at radius 3 is 2.75 bits per heavy atom. The molecule has 0 radical (unpaired) electrons. The predicted octanol–water partition coefficient (Wildman–Crippen LogP) is 0.454. The molecule has 0 aromatic carbocycles. The molecule has 6 heteroatoms. The van der Waals surface area contributed by atoms with Gasteiger partial charge >= 0.3 is 6.18 Å². The number of hydrogen-bond acceptors (Lipinski definition) is 2. The first-order valence-corrected chi connectivity index (χ1v) is 3.44. The zero-order valence-corrected chi connectivity index (χ0v) is 6.15. The van der Waals surface area contributed by atoms with E-state index >= 15 is 0 Å². The second kappa shape index (κ2) is 3.30. The molecule has 3 nitrogen and oxygen atoms in total. The number of rotatable bonds is 0. The van der Waals surface area contributed by atoms with Crippen molar-refractivity contribution in [3.8, 4) is 0 Å². The monoisotopic (exact) mass is 183 g/mol. The minimum atomic E-state index is -4.37. The van der Waals surface area contributed by atoms with Crippen LogP contribution in [0.4, 0.5) is 13.2 Å². The molecule has 0 spiro atoms. The van der Waals surface area contributed by atoms with E-state index in [2.05, 4.69) is 4.74 Å². The molecule has 1 aliphatic rings. The van der Waals surface area contributed by atoms with Gasteiger partial charge in [0.15, 0.2) is 0 Å². The second-order valence-corrected chi connectivity index (χ2v) is 2.50. The van der Waals surface area contributed by atoms with E-state index in [9.17, 15) is 18.0 Å². The molecule has 12 heavy (non-hydrogen) atoms. The van der Waals surface area contributed by atoms with Gasteiger partial charge in [0.05, 0.1) is 0 Å². The van der Waals surface area contributed by atoms with Crippen LogP contribution in [0.1, 0.15) is 6.42 Å². The van der Waals surface area contributed by atoms with E-state index < -0.39 is 18.1 Å². The largest absolute Gasteiger partial charge is 0.408 e. The van der Waals surface area contributed by atoms with Crippen LogP contribution in [0.15, 0.2) is 0 Å². The van der Waals surface area contributed by atoms with Gasteiger partial charge in [-0.2, -0.15) is 13.2 Å². The molecule has 0 saturated carbocycles. The number of nitrogens with one attached hydrogen (secondary N) is 1. The summed E-state index contributed by atoms with van der Waals surface area (Å²) >= 11 is 0. The Bertz CT molecular complexity index is 180. The number of alkyl halides is 3. The molecular weight excluding hydrogens is 175 g/mol. The normalized spacial score (nSPS) is 26.2. The zero-order chi connectivity index (χ0) is 9.19. The molecule has 70 valence electrons. The van der Waals surface area contributed by atoms with E-state index in [4.69, 9.17) is 0 Å². The molecule has 1 amide bonds. The fourth-order valence-electron chi connectivity index (χ4n) is 0.920. The van der Waals surface area contributed by atoms with Gasteiger partial charge in [0, 0.05) is 6.61 Å². The van der Waals surface area contributed by atoms with Crippen LogP contribution in [-0.4, -0.2) is 31.3 Å². The highest BCUT2D eigenvalue weighted by atomic mass is 19.4. The topological polar surface area (TPSA) is 38.3 Å². The molecule has 0 aromatic rings. The molecule has 1 saturated heterocycles. The fourth-order valence-corrected chi connectivity index (χ4v) is 0.920. The van der Waals surface area contributed by atoms with Crippen molar-refractivity contribution in [1.29, 1.82) is 0 Å². The number of carbonyl (C=O) groups excluding carboxylic acids is 1. The molecule has 0 aliphatic carbocycles. The predicted molar refractivity (Wildman–Crippen MR) is 33.4 cm³/mol. The third-order valence-electron chi connectivity index (χ3n) is 1.51. The summed E-state index contributed by atoms with van der Waals surface area (Å²) in [5.41, 5.74) is 0. The van der Waals surface area contributed by atoms with Crippen molar-refractivity contribution in [1.82, 2.24) is 5.32 Å². The summed E-state index contributed by atoms with van der Waals surface area (Å²) in [6.45, 7) is -0.324. The van der Waals surface area contributed by atoms with Crippen molar-refractivity contribution < 1.29 is 22.7 Å². The molecule has 1 unspecified atom stereocenters. The van der Waals surface area contributed by atoms with Crippen molar-refractivity contribution in [2.45, 2.75) is 18.6 Å². The SMILES string of the molecule is O=C1COCCC(C(F)(F)F)N1. The minimum absolute atomic E-state index is 0.0388. The Hall–Kier alpha value is -0.780. The van der Waals surface area contributed by atoms with Gasteiger partial charge in [0.2, 0.25) is 5.91 Å². The van der Waals surface area contributed by atoms with E-state index in [-0.39, 0.29) is 19.6 Å². The van der Waals surface area contributed by atoms with Gasteiger partial charge in [-0.3, -0.25) is 4.79 Å². The first-order chi connectivity index (χ1) is 5.50. The van der Waals surface area contributed by atoms with E-state index in [0.717, 1.165) is 0 Å². The lowest BCUT2D eigenvalue weighted by Gasteiger charge is -2.17. The van der Waals surface area contributed by atoms with E-state index in [0.29, 0.717) is 0 Å². The highest BCUT2D eigenvalue weighted by molar-refractivity contribution is 5.77. The van der Waals surface area contributed by atoms with E-state index in [1.807, 2.05) is 5.32 Å². The summed E-state index contributed by atoms with van der Waals surface area (Å²) in [5, 5.41) is 1.83. The van der Waals surface area contributed by atoms with E-state index in [1.54, 1.807) is 0 Å². The first kappa shape index (κ1) is 9.31. The molecule has 1 aliphatic heterocycles. The highest BCUT2D eigenvalue weighted by Crippen LogP contribution is 2.23. The Kier molecular flexibility index (Phi) is 2.56. The third-order valence-corrected chi connectivity index (χ3v) is 1.51. The van der Waals surface area contributed by atoms with Gasteiger partial charge in [0.25, 0.3) is 0 Å². The van der Waals surface area contributed by atoms with Crippen LogP contribution in [0.5, 0.6) is 0 Å². The van der Waals surface area contributed by atoms with Crippen molar-refractivity contribution in [2.24, 2.45) is 0 Å². The first-order valence-electron chi connectivity index (χ1n) is 3.44. The Labute approximate surface area is 66.9 Å². The van der Waals surface area contributed by atoms with E-state index in [1.165, 1.54) is 0 Å². The molecule has 1 rings (SSSR count). The molecule has 1 heterocycles. The maximum Gasteiger partial charge on any atom is 0.408 e. The molecule has 0 aromatic heterocycles. The zero-order valence-electron chi connectivity index (χ0n) is 6.15. The number of halogens is 3. The second-order valence-electron chi connectivity index (χ2n) is 2.50. The van der Waals surface area contributed by atoms with Crippen LogP contribution >= 0.6 is 0 Å². The van der Waals surface area contributed by atoms with Crippen LogP contribution in [0.3, 0.4) is 0 Å². The number of carbonyl (C=O) groups is 1. The average Bonchev–Trinajstić information content (AvgIpc) is 2.11. The average molecular weight is 183 g/mol. The smallest absolute Gasteiger partial charge is 0.372 e. The molecular formula is C6H8F3NO2. The van der Waals surface area contributed by atoms with Gasteiger partial charge in [0.1, 0.15) is 12.6 Å².